The molecule has 9 aromatic rings. The van der Waals surface area contributed by atoms with Gasteiger partial charge in [0.25, 0.3) is 0 Å². The van der Waals surface area contributed by atoms with E-state index in [4.69, 9.17) is 19.4 Å². The van der Waals surface area contributed by atoms with Gasteiger partial charge in [-0.3, -0.25) is 0 Å². The Kier molecular flexibility index (Phi) is 6.28. The minimum Gasteiger partial charge on any atom is -0.456 e. The van der Waals surface area contributed by atoms with E-state index in [1.807, 2.05) is 48.5 Å². The Balaban J connectivity index is 1.19. The van der Waals surface area contributed by atoms with Crippen LogP contribution < -0.4 is 0 Å². The number of hydrogen-bond donors (Lipinski definition) is 0. The Morgan fingerprint density at radius 1 is 0.457 bits per heavy atom. The third kappa shape index (κ3) is 4.66. The Labute approximate surface area is 269 Å². The molecule has 0 aliphatic heterocycles. The first kappa shape index (κ1) is 26.5. The van der Waals surface area contributed by atoms with Gasteiger partial charge >= 0.3 is 0 Å². The molecule has 5 heteroatoms. The Morgan fingerprint density at radius 3 is 1.85 bits per heavy atom. The molecular weight excluding hydrogens is 583 g/mol. The first-order chi connectivity index (χ1) is 22.8. The molecule has 0 amide bonds. The van der Waals surface area contributed by atoms with Gasteiger partial charge in [0.2, 0.25) is 0 Å². The van der Waals surface area contributed by atoms with Crippen LogP contribution in [-0.4, -0.2) is 15.0 Å². The molecule has 0 spiro atoms. The van der Waals surface area contributed by atoms with E-state index >= 15 is 0 Å². The summed E-state index contributed by atoms with van der Waals surface area (Å²) in [5, 5.41) is 3.01. The smallest absolute Gasteiger partial charge is 0.161 e. The van der Waals surface area contributed by atoms with Crippen LogP contribution in [0.2, 0.25) is 0 Å². The number of thiazole rings is 1. The molecule has 0 bridgehead atoms. The first-order valence-corrected chi connectivity index (χ1v) is 16.0. The zero-order valence-electron chi connectivity index (χ0n) is 24.6. The molecule has 0 fully saturated rings. The number of fused-ring (bicyclic) bond motifs is 4. The van der Waals surface area contributed by atoms with Gasteiger partial charge in [-0.15, -0.1) is 11.3 Å². The summed E-state index contributed by atoms with van der Waals surface area (Å²) in [7, 11) is 0. The van der Waals surface area contributed by atoms with Gasteiger partial charge in [0.15, 0.2) is 5.82 Å². The number of nitrogens with zero attached hydrogens (tertiary/aromatic N) is 3. The maximum absolute atomic E-state index is 6.46. The number of furan rings is 1. The highest BCUT2D eigenvalue weighted by atomic mass is 32.1. The lowest BCUT2D eigenvalue weighted by Crippen LogP contribution is -1.96. The molecule has 3 heterocycles. The van der Waals surface area contributed by atoms with Gasteiger partial charge in [-0.1, -0.05) is 115 Å². The molecule has 0 saturated heterocycles. The Morgan fingerprint density at radius 2 is 1.09 bits per heavy atom. The fourth-order valence-corrected chi connectivity index (χ4v) is 7.04. The molecule has 0 aliphatic rings. The predicted molar refractivity (Wildman–Crippen MR) is 190 cm³/mol. The Hall–Kier alpha value is -5.91. The summed E-state index contributed by atoms with van der Waals surface area (Å²) >= 11 is 1.69. The van der Waals surface area contributed by atoms with E-state index in [0.717, 1.165) is 66.1 Å². The quantitative estimate of drug-likeness (QED) is 0.195. The van der Waals surface area contributed by atoms with Crippen molar-refractivity contribution in [1.29, 1.82) is 0 Å². The first-order valence-electron chi connectivity index (χ1n) is 15.2. The molecule has 216 valence electrons. The average molecular weight is 608 g/mol. The summed E-state index contributed by atoms with van der Waals surface area (Å²) in [6.07, 6.45) is 0. The minimum atomic E-state index is 0.659. The zero-order valence-corrected chi connectivity index (χ0v) is 25.4. The van der Waals surface area contributed by atoms with Crippen molar-refractivity contribution >= 4 is 43.5 Å². The van der Waals surface area contributed by atoms with Crippen molar-refractivity contribution < 1.29 is 4.42 Å². The molecule has 0 unspecified atom stereocenters. The molecule has 0 N–H and O–H groups in total. The molecular formula is C41H25N3OS. The largest absolute Gasteiger partial charge is 0.456 e. The summed E-state index contributed by atoms with van der Waals surface area (Å²) in [5.41, 5.74) is 10.8. The van der Waals surface area contributed by atoms with E-state index in [2.05, 4.69) is 103 Å². The van der Waals surface area contributed by atoms with Crippen LogP contribution in [0, 0.1) is 0 Å². The van der Waals surface area contributed by atoms with E-state index in [0.29, 0.717) is 5.82 Å². The van der Waals surface area contributed by atoms with Crippen LogP contribution in [0.3, 0.4) is 0 Å². The summed E-state index contributed by atoms with van der Waals surface area (Å²) in [4.78, 5) is 15.2. The highest BCUT2D eigenvalue weighted by Gasteiger charge is 2.18. The standard InChI is InChI=1S/C41H25N3OS/c1-3-10-26(11-4-1)27-18-20-29(21-19-27)35-25-34(28-12-5-2-6-13-28)42-40(43-35)32-14-9-16-36-39(32)31-23-22-30(24-37(31)45-36)41-44-33-15-7-8-17-38(33)46-41/h1-25H. The van der Waals surface area contributed by atoms with E-state index in [-0.39, 0.29) is 0 Å². The maximum atomic E-state index is 6.46. The van der Waals surface area contributed by atoms with Crippen LogP contribution in [0.15, 0.2) is 156 Å². The molecule has 4 nitrogen and oxygen atoms in total. The summed E-state index contributed by atoms with van der Waals surface area (Å²) < 4.78 is 7.63. The molecule has 0 atom stereocenters. The van der Waals surface area contributed by atoms with E-state index in [1.54, 1.807) is 11.3 Å². The van der Waals surface area contributed by atoms with Crippen molar-refractivity contribution in [3.63, 3.8) is 0 Å². The fourth-order valence-electron chi connectivity index (χ4n) is 6.08. The summed E-state index contributed by atoms with van der Waals surface area (Å²) in [6, 6.07) is 52.1. The van der Waals surface area contributed by atoms with Crippen LogP contribution >= 0.6 is 11.3 Å². The number of para-hydroxylation sites is 1. The topological polar surface area (TPSA) is 51.8 Å². The Bertz CT molecular complexity index is 2480. The molecule has 0 radical (unpaired) electrons. The normalized spacial score (nSPS) is 11.5. The van der Waals surface area contributed by atoms with Crippen LogP contribution in [0.5, 0.6) is 0 Å². The average Bonchev–Trinajstić information content (AvgIpc) is 3.74. The van der Waals surface area contributed by atoms with Gasteiger partial charge in [-0.25, -0.2) is 15.0 Å². The predicted octanol–water partition coefficient (Wildman–Crippen LogP) is 11.3. The number of benzene rings is 6. The molecule has 46 heavy (non-hydrogen) atoms. The van der Waals surface area contributed by atoms with Crippen LogP contribution in [0.1, 0.15) is 0 Å². The highest BCUT2D eigenvalue weighted by Crippen LogP contribution is 2.39. The second kappa shape index (κ2) is 10.9. The molecule has 9 rings (SSSR count). The minimum absolute atomic E-state index is 0.659. The van der Waals surface area contributed by atoms with Gasteiger partial charge in [-0.05, 0) is 47.5 Å². The summed E-state index contributed by atoms with van der Waals surface area (Å²) in [6.45, 7) is 0. The second-order valence-electron chi connectivity index (χ2n) is 11.2. The van der Waals surface area contributed by atoms with Crippen LogP contribution in [-0.2, 0) is 0 Å². The SMILES string of the molecule is c1ccc(-c2ccc(-c3cc(-c4ccccc4)nc(-c4cccc5oc6cc(-c7nc8ccccc8s7)ccc6c45)n3)cc2)cc1. The van der Waals surface area contributed by atoms with Gasteiger partial charge in [0, 0.05) is 33.0 Å². The molecule has 6 aromatic carbocycles. The lowest BCUT2D eigenvalue weighted by Gasteiger charge is -2.11. The fraction of sp³-hybridized carbons (Fsp3) is 0. The zero-order chi connectivity index (χ0) is 30.5. The monoisotopic (exact) mass is 607 g/mol. The van der Waals surface area contributed by atoms with Gasteiger partial charge in [-0.2, -0.15) is 0 Å². The van der Waals surface area contributed by atoms with Crippen molar-refractivity contribution in [2.24, 2.45) is 0 Å². The number of hydrogen-bond acceptors (Lipinski definition) is 5. The lowest BCUT2D eigenvalue weighted by molar-refractivity contribution is 0.669. The van der Waals surface area contributed by atoms with Crippen molar-refractivity contribution in [2.45, 2.75) is 0 Å². The highest BCUT2D eigenvalue weighted by molar-refractivity contribution is 7.21. The summed E-state index contributed by atoms with van der Waals surface area (Å²) in [5.74, 6) is 0.659. The van der Waals surface area contributed by atoms with Crippen LogP contribution in [0.25, 0.3) is 87.8 Å². The third-order valence-corrected chi connectivity index (χ3v) is 9.45. The third-order valence-electron chi connectivity index (χ3n) is 8.36. The van der Waals surface area contributed by atoms with Crippen molar-refractivity contribution in [1.82, 2.24) is 15.0 Å². The van der Waals surface area contributed by atoms with Crippen LogP contribution in [0.4, 0.5) is 0 Å². The second-order valence-corrected chi connectivity index (χ2v) is 12.3. The van der Waals surface area contributed by atoms with Gasteiger partial charge in [0.1, 0.15) is 16.2 Å². The van der Waals surface area contributed by atoms with Gasteiger partial charge in [0.05, 0.1) is 21.6 Å². The van der Waals surface area contributed by atoms with E-state index in [1.165, 1.54) is 15.8 Å². The number of aromatic nitrogens is 3. The lowest BCUT2D eigenvalue weighted by atomic mass is 10.0. The maximum Gasteiger partial charge on any atom is 0.161 e. The van der Waals surface area contributed by atoms with Crippen molar-refractivity contribution in [2.75, 3.05) is 0 Å². The molecule has 0 aliphatic carbocycles. The van der Waals surface area contributed by atoms with Gasteiger partial charge < -0.3 is 4.42 Å². The molecule has 3 aromatic heterocycles. The van der Waals surface area contributed by atoms with E-state index < -0.39 is 0 Å². The van der Waals surface area contributed by atoms with Crippen molar-refractivity contribution in [3.8, 4) is 55.6 Å². The van der Waals surface area contributed by atoms with E-state index in [9.17, 15) is 0 Å². The van der Waals surface area contributed by atoms with Crippen molar-refractivity contribution in [3.05, 3.63) is 152 Å². The number of rotatable bonds is 5. The molecule has 0 saturated carbocycles.